The molecule has 0 amide bonds. The van der Waals surface area contributed by atoms with Crippen LogP contribution in [0.25, 0.3) is 6.08 Å². The number of rotatable bonds is 7. The van der Waals surface area contributed by atoms with Crippen LogP contribution in [0.1, 0.15) is 36.1 Å². The number of methoxy groups -OCH3 is 1. The van der Waals surface area contributed by atoms with Crippen molar-refractivity contribution in [2.24, 2.45) is 4.99 Å². The van der Waals surface area contributed by atoms with E-state index in [4.69, 9.17) is 37.7 Å². The third-order valence-corrected chi connectivity index (χ3v) is 9.43. The third kappa shape index (κ3) is 6.19. The van der Waals surface area contributed by atoms with Crippen LogP contribution in [0.15, 0.2) is 86.2 Å². The second-order valence-corrected chi connectivity index (χ2v) is 12.9. The molecule has 1 atom stereocenters. The minimum absolute atomic E-state index is 0.233. The van der Waals surface area contributed by atoms with Gasteiger partial charge < -0.3 is 9.47 Å². The summed E-state index contributed by atoms with van der Waals surface area (Å²) >= 11 is 19.4. The van der Waals surface area contributed by atoms with Gasteiger partial charge in [0.25, 0.3) is 5.56 Å². The lowest BCUT2D eigenvalue weighted by Crippen LogP contribution is -2.40. The Labute approximate surface area is 272 Å². The van der Waals surface area contributed by atoms with Crippen molar-refractivity contribution in [1.82, 2.24) is 4.57 Å². The number of thiazole rings is 1. The third-order valence-electron chi connectivity index (χ3n) is 6.47. The highest BCUT2D eigenvalue weighted by molar-refractivity contribution is 14.1. The highest BCUT2D eigenvalue weighted by Gasteiger charge is 2.33. The average molecular weight is 784 g/mol. The summed E-state index contributed by atoms with van der Waals surface area (Å²) in [6.07, 6.45) is 2.35. The van der Waals surface area contributed by atoms with Crippen molar-refractivity contribution in [2.45, 2.75) is 26.0 Å². The van der Waals surface area contributed by atoms with Gasteiger partial charge in [0.05, 0.1) is 37.0 Å². The van der Waals surface area contributed by atoms with Crippen molar-refractivity contribution in [2.75, 3.05) is 7.11 Å². The predicted octanol–water partition coefficient (Wildman–Crippen LogP) is 7.05. The standard InChI is InChI=1S/C30H22BrCl2IN2O4S/c1-3-23-25(29(38)39-2)26(17-7-5-4-6-8-17)36-28(37)24(41-30(36)35-23)13-16-11-20(31)27(22(34)12-16)40-15-18-9-10-19(32)14-21(18)33/h4-14,26H,3,15H2,1-2H3/b24-13-/t26-/m1/s1. The first-order valence-corrected chi connectivity index (χ1v) is 15.9. The Kier molecular flexibility index (Phi) is 9.40. The molecule has 6 nitrogen and oxygen atoms in total. The van der Waals surface area contributed by atoms with E-state index in [-0.39, 0.29) is 12.2 Å². The maximum atomic E-state index is 13.9. The van der Waals surface area contributed by atoms with Crippen LogP contribution in [-0.2, 0) is 16.1 Å². The Morgan fingerprint density at radius 2 is 1.93 bits per heavy atom. The van der Waals surface area contributed by atoms with Gasteiger partial charge in [-0.3, -0.25) is 9.36 Å². The van der Waals surface area contributed by atoms with E-state index in [2.05, 4.69) is 38.5 Å². The topological polar surface area (TPSA) is 69.9 Å². The molecule has 1 aliphatic heterocycles. The van der Waals surface area contributed by atoms with Gasteiger partial charge in [-0.05, 0) is 86.4 Å². The predicted molar refractivity (Wildman–Crippen MR) is 174 cm³/mol. The zero-order valence-corrected chi connectivity index (χ0v) is 27.9. The average Bonchev–Trinajstić information content (AvgIpc) is 3.26. The molecular formula is C30H22BrCl2IN2O4S. The summed E-state index contributed by atoms with van der Waals surface area (Å²) in [5.74, 6) is 0.164. The molecule has 3 aromatic carbocycles. The van der Waals surface area contributed by atoms with E-state index in [1.165, 1.54) is 18.4 Å². The van der Waals surface area contributed by atoms with Crippen LogP contribution < -0.4 is 19.6 Å². The van der Waals surface area contributed by atoms with Crippen LogP contribution in [-0.4, -0.2) is 17.6 Å². The molecule has 0 spiro atoms. The Hall–Kier alpha value is -2.44. The zero-order chi connectivity index (χ0) is 29.3. The Balaban J connectivity index is 1.56. The fourth-order valence-corrected chi connectivity index (χ4v) is 7.81. The molecule has 0 bridgehead atoms. The lowest BCUT2D eigenvalue weighted by molar-refractivity contribution is -0.136. The van der Waals surface area contributed by atoms with Crippen molar-refractivity contribution in [1.29, 1.82) is 0 Å². The molecule has 41 heavy (non-hydrogen) atoms. The molecule has 0 radical (unpaired) electrons. The number of nitrogens with zero attached hydrogens (tertiary/aromatic N) is 2. The van der Waals surface area contributed by atoms with E-state index in [9.17, 15) is 9.59 Å². The van der Waals surface area contributed by atoms with Gasteiger partial charge in [-0.1, -0.05) is 77.9 Å². The quantitative estimate of drug-likeness (QED) is 0.149. The highest BCUT2D eigenvalue weighted by atomic mass is 127. The summed E-state index contributed by atoms with van der Waals surface area (Å²) in [4.78, 5) is 32.0. The molecule has 2 heterocycles. The number of carbonyl (C=O) groups is 1. The summed E-state index contributed by atoms with van der Waals surface area (Å²) in [6, 6.07) is 17.9. The van der Waals surface area contributed by atoms with Crippen molar-refractivity contribution < 1.29 is 14.3 Å². The molecule has 0 unspecified atom stereocenters. The van der Waals surface area contributed by atoms with Crippen LogP contribution in [0, 0.1) is 3.57 Å². The monoisotopic (exact) mass is 782 g/mol. The Morgan fingerprint density at radius 3 is 2.59 bits per heavy atom. The van der Waals surface area contributed by atoms with Crippen molar-refractivity contribution in [3.05, 3.63) is 126 Å². The first-order valence-electron chi connectivity index (χ1n) is 12.5. The largest absolute Gasteiger partial charge is 0.487 e. The fourth-order valence-electron chi connectivity index (χ4n) is 4.56. The van der Waals surface area contributed by atoms with Crippen LogP contribution >= 0.6 is 73.1 Å². The van der Waals surface area contributed by atoms with Gasteiger partial charge in [0.15, 0.2) is 4.80 Å². The Morgan fingerprint density at radius 1 is 1.17 bits per heavy atom. The van der Waals surface area contributed by atoms with Gasteiger partial charge >= 0.3 is 5.97 Å². The van der Waals surface area contributed by atoms with Crippen molar-refractivity contribution in [3.63, 3.8) is 0 Å². The number of fused-ring (bicyclic) bond motifs is 1. The minimum Gasteiger partial charge on any atom is -0.487 e. The number of hydrogen-bond acceptors (Lipinski definition) is 6. The van der Waals surface area contributed by atoms with E-state index in [0.29, 0.717) is 42.8 Å². The number of halogens is 4. The first kappa shape index (κ1) is 30.0. The van der Waals surface area contributed by atoms with E-state index in [1.807, 2.05) is 61.5 Å². The van der Waals surface area contributed by atoms with Crippen LogP contribution in [0.2, 0.25) is 10.0 Å². The van der Waals surface area contributed by atoms with Gasteiger partial charge in [-0.15, -0.1) is 0 Å². The smallest absolute Gasteiger partial charge is 0.338 e. The summed E-state index contributed by atoms with van der Waals surface area (Å²) in [5.41, 5.74) is 3.18. The van der Waals surface area contributed by atoms with Gasteiger partial charge in [0, 0.05) is 15.6 Å². The lowest BCUT2D eigenvalue weighted by atomic mass is 9.95. The number of benzene rings is 3. The second-order valence-electron chi connectivity index (χ2n) is 9.04. The number of esters is 1. The van der Waals surface area contributed by atoms with Gasteiger partial charge in [0.1, 0.15) is 12.4 Å². The summed E-state index contributed by atoms with van der Waals surface area (Å²) in [6.45, 7) is 2.20. The maximum absolute atomic E-state index is 13.9. The van der Waals surface area contributed by atoms with Gasteiger partial charge in [0.2, 0.25) is 0 Å². The van der Waals surface area contributed by atoms with Crippen molar-refractivity contribution >= 4 is 85.1 Å². The van der Waals surface area contributed by atoms with Crippen LogP contribution in [0.5, 0.6) is 5.75 Å². The van der Waals surface area contributed by atoms with Crippen LogP contribution in [0.3, 0.4) is 0 Å². The van der Waals surface area contributed by atoms with Gasteiger partial charge in [-0.25, -0.2) is 9.79 Å². The van der Waals surface area contributed by atoms with Gasteiger partial charge in [-0.2, -0.15) is 0 Å². The molecule has 0 fully saturated rings. The summed E-state index contributed by atoms with van der Waals surface area (Å²) < 4.78 is 14.9. The second kappa shape index (κ2) is 12.8. The molecule has 11 heteroatoms. The number of hydrogen-bond donors (Lipinski definition) is 0. The molecule has 5 rings (SSSR count). The lowest BCUT2D eigenvalue weighted by Gasteiger charge is -2.25. The molecule has 0 aliphatic carbocycles. The highest BCUT2D eigenvalue weighted by Crippen LogP contribution is 2.34. The number of carbonyl (C=O) groups excluding carboxylic acids is 1. The SMILES string of the molecule is CCC1=C(C(=O)OC)[C@@H](c2ccccc2)n2c(s/c(=C\c3cc(Br)c(OCc4ccc(Cl)cc4Cl)c(I)c3)c2=O)=N1. The minimum atomic E-state index is -0.639. The maximum Gasteiger partial charge on any atom is 0.338 e. The van der Waals surface area contributed by atoms with E-state index < -0.39 is 12.0 Å². The molecule has 1 aliphatic rings. The Bertz CT molecular complexity index is 1850. The van der Waals surface area contributed by atoms with E-state index in [0.717, 1.165) is 24.7 Å². The number of ether oxygens (including phenoxy) is 2. The molecule has 4 aromatic rings. The molecule has 0 saturated heterocycles. The number of allylic oxidation sites excluding steroid dienone is 1. The molecular weight excluding hydrogens is 762 g/mol. The van der Waals surface area contributed by atoms with E-state index >= 15 is 0 Å². The molecule has 210 valence electrons. The first-order chi connectivity index (χ1) is 19.7. The van der Waals surface area contributed by atoms with Crippen molar-refractivity contribution in [3.8, 4) is 5.75 Å². The zero-order valence-electron chi connectivity index (χ0n) is 21.8. The molecule has 1 aromatic heterocycles. The summed E-state index contributed by atoms with van der Waals surface area (Å²) in [7, 11) is 1.34. The number of aromatic nitrogens is 1. The normalized spacial score (nSPS) is 15.0. The van der Waals surface area contributed by atoms with Crippen LogP contribution in [0.4, 0.5) is 0 Å². The summed E-state index contributed by atoms with van der Waals surface area (Å²) in [5, 5.41) is 1.10. The molecule has 0 N–H and O–H groups in total. The fraction of sp³-hybridized carbons (Fsp3) is 0.167. The van der Waals surface area contributed by atoms with E-state index in [1.54, 1.807) is 16.7 Å². The molecule has 0 saturated carbocycles.